The third-order valence-corrected chi connectivity index (χ3v) is 4.22. The number of nitrogens with one attached hydrogen (secondary N) is 1. The molecule has 1 aromatic rings. The van der Waals surface area contributed by atoms with Crippen molar-refractivity contribution in [2.75, 3.05) is 40.8 Å². The maximum absolute atomic E-state index is 3.62. The number of nitrogens with zero attached hydrogens (tertiary/aromatic N) is 2. The highest BCUT2D eigenvalue weighted by molar-refractivity contribution is 5.25. The van der Waals surface area contributed by atoms with E-state index in [0.29, 0.717) is 5.92 Å². The molecule has 1 saturated carbocycles. The van der Waals surface area contributed by atoms with Gasteiger partial charge in [-0.2, -0.15) is 0 Å². The van der Waals surface area contributed by atoms with Crippen LogP contribution in [-0.4, -0.2) is 56.6 Å². The maximum atomic E-state index is 3.62. The number of likely N-dealkylation sites (N-methyl/N-ethyl adjacent to an activating group) is 2. The Morgan fingerprint density at radius 1 is 1.10 bits per heavy atom. The molecule has 21 heavy (non-hydrogen) atoms. The van der Waals surface area contributed by atoms with E-state index >= 15 is 0 Å². The van der Waals surface area contributed by atoms with Gasteiger partial charge < -0.3 is 15.1 Å². The summed E-state index contributed by atoms with van der Waals surface area (Å²) in [4.78, 5) is 4.61. The lowest BCUT2D eigenvalue weighted by Crippen LogP contribution is -2.28. The predicted octanol–water partition coefficient (Wildman–Crippen LogP) is 2.54. The summed E-state index contributed by atoms with van der Waals surface area (Å²) in [6.07, 6.45) is 2.73. The Kier molecular flexibility index (Phi) is 6.22. The molecule has 0 bridgehead atoms. The van der Waals surface area contributed by atoms with Crippen LogP contribution < -0.4 is 5.32 Å². The molecule has 1 atom stereocenters. The fourth-order valence-corrected chi connectivity index (χ4v) is 2.46. The molecule has 0 heterocycles. The van der Waals surface area contributed by atoms with Crippen molar-refractivity contribution in [3.8, 4) is 0 Å². The summed E-state index contributed by atoms with van der Waals surface area (Å²) in [6, 6.07) is 9.98. The topological polar surface area (TPSA) is 18.5 Å². The summed E-state index contributed by atoms with van der Waals surface area (Å²) in [5.41, 5.74) is 2.85. The molecule has 1 fully saturated rings. The molecule has 2 rings (SSSR count). The first-order valence-electron chi connectivity index (χ1n) is 8.20. The Bertz CT molecular complexity index is 409. The number of benzene rings is 1. The molecular formula is C18H31N3. The summed E-state index contributed by atoms with van der Waals surface area (Å²) < 4.78 is 0. The van der Waals surface area contributed by atoms with Gasteiger partial charge in [0.05, 0.1) is 0 Å². The average molecular weight is 289 g/mol. The molecule has 0 spiro atoms. The van der Waals surface area contributed by atoms with E-state index < -0.39 is 0 Å². The molecule has 1 aromatic carbocycles. The van der Waals surface area contributed by atoms with Crippen molar-refractivity contribution in [1.29, 1.82) is 0 Å². The summed E-state index contributed by atoms with van der Waals surface area (Å²) in [5, 5.41) is 3.62. The highest BCUT2D eigenvalue weighted by Crippen LogP contribution is 2.21. The molecular weight excluding hydrogens is 258 g/mol. The molecule has 1 aliphatic carbocycles. The molecule has 0 amide bonds. The predicted molar refractivity (Wildman–Crippen MR) is 90.8 cm³/mol. The SMILES string of the molecule is CC(CNC1CC1)c1ccc(CN(C)CCN(C)C)cc1. The van der Waals surface area contributed by atoms with Gasteiger partial charge in [-0.15, -0.1) is 0 Å². The number of rotatable bonds is 9. The first-order chi connectivity index (χ1) is 10.0. The minimum Gasteiger partial charge on any atom is -0.313 e. The Labute approximate surface area is 130 Å². The van der Waals surface area contributed by atoms with Gasteiger partial charge in [-0.25, -0.2) is 0 Å². The highest BCUT2D eigenvalue weighted by Gasteiger charge is 2.21. The molecule has 0 aliphatic heterocycles. The average Bonchev–Trinajstić information content (AvgIpc) is 3.27. The Morgan fingerprint density at radius 2 is 1.76 bits per heavy atom. The van der Waals surface area contributed by atoms with E-state index in [1.54, 1.807) is 0 Å². The normalized spacial score (nSPS) is 16.7. The second kappa shape index (κ2) is 7.92. The lowest BCUT2D eigenvalue weighted by molar-refractivity contribution is 0.276. The van der Waals surface area contributed by atoms with E-state index in [0.717, 1.165) is 32.2 Å². The fourth-order valence-electron chi connectivity index (χ4n) is 2.46. The minimum atomic E-state index is 0.603. The van der Waals surface area contributed by atoms with Crippen LogP contribution in [0.4, 0.5) is 0 Å². The smallest absolute Gasteiger partial charge is 0.0231 e. The van der Waals surface area contributed by atoms with Crippen LogP contribution in [0.1, 0.15) is 36.8 Å². The Hall–Kier alpha value is -0.900. The third-order valence-electron chi connectivity index (χ3n) is 4.22. The van der Waals surface area contributed by atoms with Gasteiger partial charge >= 0.3 is 0 Å². The van der Waals surface area contributed by atoms with Crippen LogP contribution in [0.2, 0.25) is 0 Å². The van der Waals surface area contributed by atoms with Gasteiger partial charge in [0.1, 0.15) is 0 Å². The Morgan fingerprint density at radius 3 is 2.33 bits per heavy atom. The second-order valence-corrected chi connectivity index (χ2v) is 6.87. The maximum Gasteiger partial charge on any atom is 0.0231 e. The van der Waals surface area contributed by atoms with Crippen LogP contribution in [0.5, 0.6) is 0 Å². The van der Waals surface area contributed by atoms with Crippen molar-refractivity contribution in [1.82, 2.24) is 15.1 Å². The molecule has 3 heteroatoms. The van der Waals surface area contributed by atoms with Crippen molar-refractivity contribution in [2.45, 2.75) is 38.3 Å². The zero-order valence-electron chi connectivity index (χ0n) is 14.1. The van der Waals surface area contributed by atoms with E-state index in [9.17, 15) is 0 Å². The van der Waals surface area contributed by atoms with Crippen LogP contribution >= 0.6 is 0 Å². The molecule has 118 valence electrons. The first-order valence-corrected chi connectivity index (χ1v) is 8.20. The molecule has 1 unspecified atom stereocenters. The monoisotopic (exact) mass is 289 g/mol. The largest absolute Gasteiger partial charge is 0.313 e. The van der Waals surface area contributed by atoms with Crippen molar-refractivity contribution in [3.63, 3.8) is 0 Å². The van der Waals surface area contributed by atoms with E-state index in [-0.39, 0.29) is 0 Å². The van der Waals surface area contributed by atoms with Crippen LogP contribution in [0, 0.1) is 0 Å². The fraction of sp³-hybridized carbons (Fsp3) is 0.667. The van der Waals surface area contributed by atoms with Crippen LogP contribution in [0.25, 0.3) is 0 Å². The lowest BCUT2D eigenvalue weighted by atomic mass is 9.99. The van der Waals surface area contributed by atoms with Crippen molar-refractivity contribution < 1.29 is 0 Å². The van der Waals surface area contributed by atoms with Gasteiger partial charge in [0.25, 0.3) is 0 Å². The van der Waals surface area contributed by atoms with Crippen LogP contribution in [-0.2, 0) is 6.54 Å². The zero-order valence-corrected chi connectivity index (χ0v) is 14.1. The standard InChI is InChI=1S/C18H31N3/c1-15(13-19-18-9-10-18)17-7-5-16(6-8-17)14-21(4)12-11-20(2)3/h5-8,15,18-19H,9-14H2,1-4H3. The van der Waals surface area contributed by atoms with Gasteiger partial charge in [-0.3, -0.25) is 0 Å². The molecule has 0 aromatic heterocycles. The molecule has 0 saturated heterocycles. The highest BCUT2D eigenvalue weighted by atomic mass is 15.1. The van der Waals surface area contributed by atoms with Gasteiger partial charge in [-0.05, 0) is 51.0 Å². The lowest BCUT2D eigenvalue weighted by Gasteiger charge is -2.20. The van der Waals surface area contributed by atoms with Gasteiger partial charge in [0.2, 0.25) is 0 Å². The molecule has 3 nitrogen and oxygen atoms in total. The van der Waals surface area contributed by atoms with E-state index in [4.69, 9.17) is 0 Å². The van der Waals surface area contributed by atoms with Crippen molar-refractivity contribution in [2.24, 2.45) is 0 Å². The number of hydrogen-bond acceptors (Lipinski definition) is 3. The molecule has 1 N–H and O–H groups in total. The van der Waals surface area contributed by atoms with Crippen molar-refractivity contribution in [3.05, 3.63) is 35.4 Å². The molecule has 0 radical (unpaired) electrons. The van der Waals surface area contributed by atoms with E-state index in [1.807, 2.05) is 0 Å². The van der Waals surface area contributed by atoms with E-state index in [1.165, 1.54) is 24.0 Å². The minimum absolute atomic E-state index is 0.603. The number of hydrogen-bond donors (Lipinski definition) is 1. The second-order valence-electron chi connectivity index (χ2n) is 6.87. The van der Waals surface area contributed by atoms with E-state index in [2.05, 4.69) is 67.4 Å². The summed E-state index contributed by atoms with van der Waals surface area (Å²) in [5.74, 6) is 0.603. The third kappa shape index (κ3) is 6.16. The van der Waals surface area contributed by atoms with Gasteiger partial charge in [-0.1, -0.05) is 31.2 Å². The van der Waals surface area contributed by atoms with Gasteiger partial charge in [0, 0.05) is 32.2 Å². The van der Waals surface area contributed by atoms with Crippen molar-refractivity contribution >= 4 is 0 Å². The quantitative estimate of drug-likeness (QED) is 0.754. The summed E-state index contributed by atoms with van der Waals surface area (Å²) >= 11 is 0. The summed E-state index contributed by atoms with van der Waals surface area (Å²) in [6.45, 7) is 6.66. The van der Waals surface area contributed by atoms with Crippen LogP contribution in [0.15, 0.2) is 24.3 Å². The molecule has 1 aliphatic rings. The Balaban J connectivity index is 1.77. The summed E-state index contributed by atoms with van der Waals surface area (Å²) in [7, 11) is 6.44. The van der Waals surface area contributed by atoms with Gasteiger partial charge in [0.15, 0.2) is 0 Å². The first kappa shape index (κ1) is 16.5. The van der Waals surface area contributed by atoms with Crippen LogP contribution in [0.3, 0.4) is 0 Å². The zero-order chi connectivity index (χ0) is 15.2.